The highest BCUT2D eigenvalue weighted by Crippen LogP contribution is 2.40. The highest BCUT2D eigenvalue weighted by Gasteiger charge is 2.46. The number of ketones is 1. The zero-order valence-electron chi connectivity index (χ0n) is 23.3. The summed E-state index contributed by atoms with van der Waals surface area (Å²) < 4.78 is 38.8. The van der Waals surface area contributed by atoms with Crippen LogP contribution in [-0.2, 0) is 24.3 Å². The molecule has 1 atom stereocenters. The Morgan fingerprint density at radius 2 is 1.68 bits per heavy atom. The minimum absolute atomic E-state index is 0.0455. The monoisotopic (exact) mass is 583 g/mol. The molecule has 3 heterocycles. The van der Waals surface area contributed by atoms with Crippen LogP contribution in [0.25, 0.3) is 5.76 Å². The molecule has 3 saturated heterocycles. The van der Waals surface area contributed by atoms with Gasteiger partial charge in [-0.05, 0) is 49.1 Å². The number of morpholine rings is 1. The first kappa shape index (κ1) is 29.2. The molecule has 5 rings (SSSR count). The van der Waals surface area contributed by atoms with Crippen LogP contribution in [0, 0.1) is 0 Å². The van der Waals surface area contributed by atoms with Crippen LogP contribution >= 0.6 is 0 Å². The fraction of sp³-hybridized carbons (Fsp3) is 0.467. The quantitative estimate of drug-likeness (QED) is 0.272. The molecule has 0 bridgehead atoms. The van der Waals surface area contributed by atoms with Crippen molar-refractivity contribution in [2.24, 2.45) is 0 Å². The highest BCUT2D eigenvalue weighted by molar-refractivity contribution is 7.89. The van der Waals surface area contributed by atoms with E-state index in [9.17, 15) is 23.1 Å². The molecule has 0 spiro atoms. The minimum Gasteiger partial charge on any atom is -0.507 e. The number of methoxy groups -OCH3 is 1. The summed E-state index contributed by atoms with van der Waals surface area (Å²) in [5.74, 6) is -1.25. The van der Waals surface area contributed by atoms with E-state index in [0.29, 0.717) is 50.6 Å². The van der Waals surface area contributed by atoms with Gasteiger partial charge in [0.25, 0.3) is 11.7 Å². The summed E-state index contributed by atoms with van der Waals surface area (Å²) in [6.45, 7) is 4.94. The van der Waals surface area contributed by atoms with E-state index in [1.165, 1.54) is 21.3 Å². The second-order valence-corrected chi connectivity index (χ2v) is 12.5. The molecule has 3 aliphatic rings. The Morgan fingerprint density at radius 3 is 2.37 bits per heavy atom. The number of amides is 1. The van der Waals surface area contributed by atoms with Gasteiger partial charge in [0.2, 0.25) is 10.0 Å². The average molecular weight is 584 g/mol. The normalized spacial score (nSPS) is 22.3. The van der Waals surface area contributed by atoms with Gasteiger partial charge in [0.15, 0.2) is 0 Å². The van der Waals surface area contributed by atoms with E-state index in [0.717, 1.165) is 38.9 Å². The summed E-state index contributed by atoms with van der Waals surface area (Å²) in [7, 11) is -2.21. The molecular weight excluding hydrogens is 546 g/mol. The fourth-order valence-electron chi connectivity index (χ4n) is 5.75. The number of hydrogen-bond donors (Lipinski definition) is 1. The lowest BCUT2D eigenvalue weighted by molar-refractivity contribution is -0.140. The van der Waals surface area contributed by atoms with Crippen molar-refractivity contribution in [2.45, 2.75) is 36.6 Å². The summed E-state index contributed by atoms with van der Waals surface area (Å²) in [6.07, 6.45) is 3.24. The van der Waals surface area contributed by atoms with Crippen LogP contribution in [0.2, 0.25) is 0 Å². The van der Waals surface area contributed by atoms with Crippen molar-refractivity contribution in [2.75, 3.05) is 59.6 Å². The zero-order chi connectivity index (χ0) is 29.0. The van der Waals surface area contributed by atoms with Gasteiger partial charge in [-0.2, -0.15) is 4.31 Å². The molecule has 41 heavy (non-hydrogen) atoms. The largest absolute Gasteiger partial charge is 0.507 e. The van der Waals surface area contributed by atoms with E-state index in [-0.39, 0.29) is 16.0 Å². The van der Waals surface area contributed by atoms with E-state index in [4.69, 9.17) is 9.47 Å². The Kier molecular flexibility index (Phi) is 9.08. The summed E-state index contributed by atoms with van der Waals surface area (Å²) in [5, 5.41) is 11.5. The Morgan fingerprint density at radius 1 is 0.976 bits per heavy atom. The van der Waals surface area contributed by atoms with Gasteiger partial charge >= 0.3 is 0 Å². The van der Waals surface area contributed by atoms with Crippen molar-refractivity contribution in [3.8, 4) is 5.75 Å². The van der Waals surface area contributed by atoms with Crippen molar-refractivity contribution in [3.05, 3.63) is 65.2 Å². The predicted octanol–water partition coefficient (Wildman–Crippen LogP) is 3.01. The van der Waals surface area contributed by atoms with E-state index >= 15 is 0 Å². The number of nitrogens with zero attached hydrogens (tertiary/aromatic N) is 3. The molecule has 0 aliphatic carbocycles. The lowest BCUT2D eigenvalue weighted by Crippen LogP contribution is -2.38. The van der Waals surface area contributed by atoms with Crippen LogP contribution in [0.1, 0.15) is 42.9 Å². The van der Waals surface area contributed by atoms with Crippen molar-refractivity contribution in [1.29, 1.82) is 0 Å². The first-order valence-corrected chi connectivity index (χ1v) is 15.6. The van der Waals surface area contributed by atoms with E-state index in [1.807, 2.05) is 0 Å². The number of aliphatic hydroxyl groups is 1. The van der Waals surface area contributed by atoms with Gasteiger partial charge in [0.1, 0.15) is 11.5 Å². The molecule has 0 aromatic heterocycles. The summed E-state index contributed by atoms with van der Waals surface area (Å²) >= 11 is 0. The van der Waals surface area contributed by atoms with Gasteiger partial charge in [-0.15, -0.1) is 0 Å². The number of sulfonamides is 1. The molecule has 1 unspecified atom stereocenters. The van der Waals surface area contributed by atoms with Crippen molar-refractivity contribution in [1.82, 2.24) is 14.1 Å². The molecule has 10 nitrogen and oxygen atoms in total. The molecule has 1 amide bonds. The Balaban J connectivity index is 1.49. The van der Waals surface area contributed by atoms with Gasteiger partial charge in [0.05, 0.1) is 36.8 Å². The first-order chi connectivity index (χ1) is 19.8. The maximum atomic E-state index is 13.4. The standard InChI is InChI=1S/C30H37N3O7S/c1-39-24-11-9-22(10-12-24)27-26(29(35)30(36)33(27)16-6-13-31-17-19-40-20-18-31)28(34)23-7-5-8-25(21-23)41(37,38)32-14-3-2-4-15-32/h5,7-12,21,27,34H,2-4,6,13-20H2,1H3/b28-26-. The Labute approximate surface area is 241 Å². The molecule has 3 fully saturated rings. The van der Waals surface area contributed by atoms with Crippen LogP contribution in [0.5, 0.6) is 5.75 Å². The summed E-state index contributed by atoms with van der Waals surface area (Å²) in [6, 6.07) is 12.2. The number of benzene rings is 2. The van der Waals surface area contributed by atoms with E-state index in [2.05, 4.69) is 4.90 Å². The lowest BCUT2D eigenvalue weighted by atomic mass is 9.95. The third kappa shape index (κ3) is 6.18. The van der Waals surface area contributed by atoms with Crippen LogP contribution in [0.4, 0.5) is 0 Å². The maximum absolute atomic E-state index is 13.4. The van der Waals surface area contributed by atoms with Crippen LogP contribution in [0.15, 0.2) is 59.0 Å². The van der Waals surface area contributed by atoms with Gasteiger partial charge in [-0.3, -0.25) is 14.5 Å². The molecule has 3 aliphatic heterocycles. The lowest BCUT2D eigenvalue weighted by Gasteiger charge is -2.29. The number of rotatable bonds is 9. The van der Waals surface area contributed by atoms with Gasteiger partial charge in [0, 0.05) is 44.8 Å². The number of hydrogen-bond acceptors (Lipinski definition) is 8. The second-order valence-electron chi connectivity index (χ2n) is 10.6. The SMILES string of the molecule is COc1ccc(C2/C(=C(/O)c3cccc(S(=O)(=O)N4CCCCC4)c3)C(=O)C(=O)N2CCCN2CCOCC2)cc1. The van der Waals surface area contributed by atoms with Crippen molar-refractivity contribution in [3.63, 3.8) is 0 Å². The van der Waals surface area contributed by atoms with E-state index in [1.54, 1.807) is 43.5 Å². The summed E-state index contributed by atoms with van der Waals surface area (Å²) in [4.78, 5) is 30.6. The minimum atomic E-state index is -3.76. The summed E-state index contributed by atoms with van der Waals surface area (Å²) in [5.41, 5.74) is 0.766. The van der Waals surface area contributed by atoms with Crippen LogP contribution < -0.4 is 4.74 Å². The predicted molar refractivity (Wildman–Crippen MR) is 153 cm³/mol. The van der Waals surface area contributed by atoms with Gasteiger partial charge < -0.3 is 19.5 Å². The number of ether oxygens (including phenoxy) is 2. The smallest absolute Gasteiger partial charge is 0.295 e. The Hall–Kier alpha value is -3.25. The van der Waals surface area contributed by atoms with Gasteiger partial charge in [-0.25, -0.2) is 8.42 Å². The third-order valence-electron chi connectivity index (χ3n) is 8.01. The molecule has 0 saturated carbocycles. The molecular formula is C30H37N3O7S. The van der Waals surface area contributed by atoms with Gasteiger partial charge in [-0.1, -0.05) is 30.7 Å². The topological polar surface area (TPSA) is 117 Å². The molecule has 1 N–H and O–H groups in total. The zero-order valence-corrected chi connectivity index (χ0v) is 24.1. The number of aliphatic hydroxyl groups excluding tert-OH is 1. The van der Waals surface area contributed by atoms with Crippen LogP contribution in [-0.4, -0.2) is 98.9 Å². The Bertz CT molecular complexity index is 1400. The molecule has 220 valence electrons. The number of carbonyl (C=O) groups excluding carboxylic acids is 2. The first-order valence-electron chi connectivity index (χ1n) is 14.1. The van der Waals surface area contributed by atoms with E-state index < -0.39 is 33.5 Å². The molecule has 11 heteroatoms. The number of Topliss-reactive ketones (excluding diaryl/α,β-unsaturated/α-hetero) is 1. The van der Waals surface area contributed by atoms with Crippen molar-refractivity contribution >= 4 is 27.5 Å². The maximum Gasteiger partial charge on any atom is 0.295 e. The average Bonchev–Trinajstić information content (AvgIpc) is 3.27. The molecule has 2 aromatic carbocycles. The van der Waals surface area contributed by atoms with Crippen molar-refractivity contribution < 1.29 is 32.6 Å². The number of piperidine rings is 1. The molecule has 0 radical (unpaired) electrons. The number of carbonyl (C=O) groups is 2. The number of likely N-dealkylation sites (tertiary alicyclic amines) is 1. The third-order valence-corrected chi connectivity index (χ3v) is 9.90. The fourth-order valence-corrected chi connectivity index (χ4v) is 7.31. The molecule has 2 aromatic rings. The van der Waals surface area contributed by atoms with Crippen LogP contribution in [0.3, 0.4) is 0 Å². The second kappa shape index (κ2) is 12.7. The highest BCUT2D eigenvalue weighted by atomic mass is 32.2.